The van der Waals surface area contributed by atoms with Gasteiger partial charge in [0, 0.05) is 41.1 Å². The summed E-state index contributed by atoms with van der Waals surface area (Å²) in [7, 11) is 4.06. The Kier molecular flexibility index (Phi) is 3.19. The first-order valence-electron chi connectivity index (χ1n) is 5.85. The van der Waals surface area contributed by atoms with E-state index in [2.05, 4.69) is 43.0 Å². The van der Waals surface area contributed by atoms with E-state index in [4.69, 9.17) is 11.6 Å². The van der Waals surface area contributed by atoms with Gasteiger partial charge in [-0.2, -0.15) is 0 Å². The molecule has 0 amide bonds. The Morgan fingerprint density at radius 1 is 1.35 bits per heavy atom. The largest absolute Gasteiger partial charge is 0.350 e. The van der Waals surface area contributed by atoms with E-state index in [1.54, 1.807) is 0 Å². The van der Waals surface area contributed by atoms with Crippen molar-refractivity contribution >= 4 is 22.5 Å². The molecule has 0 bridgehead atoms. The van der Waals surface area contributed by atoms with Gasteiger partial charge in [-0.1, -0.05) is 31.5 Å². The third kappa shape index (κ3) is 2.20. The molecule has 0 spiro atoms. The molecule has 2 rings (SSSR count). The molecule has 0 atom stereocenters. The van der Waals surface area contributed by atoms with E-state index in [0.717, 1.165) is 11.6 Å². The summed E-state index contributed by atoms with van der Waals surface area (Å²) in [5.74, 6) is 0. The highest BCUT2D eigenvalue weighted by molar-refractivity contribution is 6.31. The number of halogens is 1. The van der Waals surface area contributed by atoms with E-state index in [-0.39, 0.29) is 5.41 Å². The summed E-state index contributed by atoms with van der Waals surface area (Å²) in [5.41, 5.74) is 2.67. The maximum atomic E-state index is 6.05. The van der Waals surface area contributed by atoms with Crippen molar-refractivity contribution in [2.45, 2.75) is 19.3 Å². The van der Waals surface area contributed by atoms with Gasteiger partial charge in [-0.15, -0.1) is 0 Å². The Hall–Kier alpha value is -0.990. The summed E-state index contributed by atoms with van der Waals surface area (Å²) < 4.78 is 2.15. The smallest absolute Gasteiger partial charge is 0.0495 e. The molecule has 0 aliphatic carbocycles. The van der Waals surface area contributed by atoms with Crippen LogP contribution in [0.3, 0.4) is 0 Å². The molecule has 0 saturated carbocycles. The van der Waals surface area contributed by atoms with Crippen LogP contribution in [0.4, 0.5) is 0 Å². The van der Waals surface area contributed by atoms with Gasteiger partial charge in [0.15, 0.2) is 0 Å². The number of hydrogen-bond donors (Lipinski definition) is 1. The van der Waals surface area contributed by atoms with E-state index >= 15 is 0 Å². The first-order valence-corrected chi connectivity index (χ1v) is 6.23. The lowest BCUT2D eigenvalue weighted by atomic mass is 9.84. The van der Waals surface area contributed by atoms with Crippen molar-refractivity contribution in [3.8, 4) is 0 Å². The zero-order valence-corrected chi connectivity index (χ0v) is 11.6. The van der Waals surface area contributed by atoms with Crippen molar-refractivity contribution in [3.05, 3.63) is 35.0 Å². The minimum atomic E-state index is 0.113. The number of rotatable bonds is 3. The minimum absolute atomic E-state index is 0.113. The van der Waals surface area contributed by atoms with Gasteiger partial charge in [0.1, 0.15) is 0 Å². The van der Waals surface area contributed by atoms with Crippen LogP contribution in [-0.2, 0) is 12.5 Å². The predicted molar refractivity (Wildman–Crippen MR) is 74.9 cm³/mol. The summed E-state index contributed by atoms with van der Waals surface area (Å²) in [4.78, 5) is 0. The molecule has 0 aliphatic rings. The second-order valence-corrected chi connectivity index (χ2v) is 5.67. The van der Waals surface area contributed by atoms with Gasteiger partial charge in [0.05, 0.1) is 0 Å². The molecule has 2 aromatic rings. The fourth-order valence-electron chi connectivity index (χ4n) is 2.43. The molecule has 3 heteroatoms. The van der Waals surface area contributed by atoms with Crippen LogP contribution in [0.25, 0.3) is 10.9 Å². The second-order valence-electron chi connectivity index (χ2n) is 5.23. The van der Waals surface area contributed by atoms with E-state index < -0.39 is 0 Å². The number of nitrogens with zero attached hydrogens (tertiary/aromatic N) is 1. The van der Waals surface area contributed by atoms with Crippen molar-refractivity contribution in [1.82, 2.24) is 9.88 Å². The molecule has 1 aromatic heterocycles. The summed E-state index contributed by atoms with van der Waals surface area (Å²) in [6.07, 6.45) is 2.21. The highest BCUT2D eigenvalue weighted by atomic mass is 35.5. The van der Waals surface area contributed by atoms with Crippen LogP contribution in [0.2, 0.25) is 5.02 Å². The van der Waals surface area contributed by atoms with Gasteiger partial charge in [0.2, 0.25) is 0 Å². The monoisotopic (exact) mass is 250 g/mol. The number of hydrogen-bond acceptors (Lipinski definition) is 1. The van der Waals surface area contributed by atoms with Gasteiger partial charge in [-0.05, 0) is 24.7 Å². The Bertz CT molecular complexity index is 540. The van der Waals surface area contributed by atoms with E-state index in [0.29, 0.717) is 0 Å². The van der Waals surface area contributed by atoms with Crippen LogP contribution < -0.4 is 5.32 Å². The van der Waals surface area contributed by atoms with Gasteiger partial charge in [-0.3, -0.25) is 0 Å². The van der Waals surface area contributed by atoms with Gasteiger partial charge >= 0.3 is 0 Å². The minimum Gasteiger partial charge on any atom is -0.350 e. The molecule has 92 valence electrons. The van der Waals surface area contributed by atoms with Crippen molar-refractivity contribution in [2.75, 3.05) is 13.6 Å². The van der Waals surface area contributed by atoms with Gasteiger partial charge in [-0.25, -0.2) is 0 Å². The average Bonchev–Trinajstić information content (AvgIpc) is 2.57. The number of benzene rings is 1. The molecule has 0 unspecified atom stereocenters. The molecule has 17 heavy (non-hydrogen) atoms. The van der Waals surface area contributed by atoms with E-state index in [9.17, 15) is 0 Å². The van der Waals surface area contributed by atoms with E-state index in [1.807, 2.05) is 19.2 Å². The zero-order chi connectivity index (χ0) is 12.6. The van der Waals surface area contributed by atoms with Crippen molar-refractivity contribution < 1.29 is 0 Å². The SMILES string of the molecule is CNCC(C)(C)c1cn(C)c2cc(Cl)ccc12. The molecule has 0 aliphatic heterocycles. The maximum Gasteiger partial charge on any atom is 0.0495 e. The number of likely N-dealkylation sites (N-methyl/N-ethyl adjacent to an activating group) is 1. The summed E-state index contributed by atoms with van der Waals surface area (Å²) >= 11 is 6.05. The van der Waals surface area contributed by atoms with Gasteiger partial charge in [0.25, 0.3) is 0 Å². The maximum absolute atomic E-state index is 6.05. The van der Waals surface area contributed by atoms with Crippen molar-refractivity contribution in [2.24, 2.45) is 7.05 Å². The van der Waals surface area contributed by atoms with Crippen LogP contribution in [0.5, 0.6) is 0 Å². The van der Waals surface area contributed by atoms with Crippen LogP contribution in [0.1, 0.15) is 19.4 Å². The fourth-order valence-corrected chi connectivity index (χ4v) is 2.60. The number of nitrogens with one attached hydrogen (secondary N) is 1. The average molecular weight is 251 g/mol. The lowest BCUT2D eigenvalue weighted by Gasteiger charge is -2.24. The lowest BCUT2D eigenvalue weighted by molar-refractivity contribution is 0.496. The Labute approximate surface area is 108 Å². The third-order valence-electron chi connectivity index (χ3n) is 3.30. The topological polar surface area (TPSA) is 17.0 Å². The van der Waals surface area contributed by atoms with Crippen LogP contribution >= 0.6 is 11.6 Å². The summed E-state index contributed by atoms with van der Waals surface area (Å²) in [5, 5.41) is 5.33. The lowest BCUT2D eigenvalue weighted by Crippen LogP contribution is -2.30. The van der Waals surface area contributed by atoms with Crippen molar-refractivity contribution in [1.29, 1.82) is 0 Å². The number of aryl methyl sites for hydroxylation is 1. The van der Waals surface area contributed by atoms with Gasteiger partial charge < -0.3 is 9.88 Å². The highest BCUT2D eigenvalue weighted by Gasteiger charge is 2.23. The molecule has 1 heterocycles. The summed E-state index contributed by atoms with van der Waals surface area (Å²) in [6, 6.07) is 6.10. The standard InChI is InChI=1S/C14H19ClN2/c1-14(2,9-16-3)12-8-17(4)13-7-10(15)5-6-11(12)13/h5-8,16H,9H2,1-4H3. The normalized spacial score (nSPS) is 12.3. The molecule has 1 aromatic carbocycles. The fraction of sp³-hybridized carbons (Fsp3) is 0.429. The summed E-state index contributed by atoms with van der Waals surface area (Å²) in [6.45, 7) is 5.47. The number of fused-ring (bicyclic) bond motifs is 1. The third-order valence-corrected chi connectivity index (χ3v) is 3.54. The predicted octanol–water partition coefficient (Wildman–Crippen LogP) is 3.33. The number of aromatic nitrogens is 1. The molecular formula is C14H19ClN2. The van der Waals surface area contributed by atoms with Crippen LogP contribution in [0.15, 0.2) is 24.4 Å². The Balaban J connectivity index is 2.63. The Morgan fingerprint density at radius 3 is 2.71 bits per heavy atom. The highest BCUT2D eigenvalue weighted by Crippen LogP contribution is 2.32. The quantitative estimate of drug-likeness (QED) is 0.884. The van der Waals surface area contributed by atoms with Crippen LogP contribution in [0, 0.1) is 0 Å². The molecule has 2 nitrogen and oxygen atoms in total. The first-order chi connectivity index (χ1) is 7.95. The molecule has 0 saturated heterocycles. The second kappa shape index (κ2) is 4.35. The van der Waals surface area contributed by atoms with Crippen molar-refractivity contribution in [3.63, 3.8) is 0 Å². The first kappa shape index (κ1) is 12.5. The molecular weight excluding hydrogens is 232 g/mol. The zero-order valence-electron chi connectivity index (χ0n) is 10.8. The molecule has 1 N–H and O–H groups in total. The molecule has 0 fully saturated rings. The van der Waals surface area contributed by atoms with E-state index in [1.165, 1.54) is 16.5 Å². The molecule has 0 radical (unpaired) electrons. The Morgan fingerprint density at radius 2 is 2.06 bits per heavy atom. The van der Waals surface area contributed by atoms with Crippen LogP contribution in [-0.4, -0.2) is 18.2 Å².